The average molecular weight is 343 g/mol. The molecular formula is C13H17N3O6S. The second kappa shape index (κ2) is 8.93. The lowest BCUT2D eigenvalue weighted by molar-refractivity contribution is -0.388. The number of aliphatic carboxylic acids is 1. The molecule has 1 aromatic heterocycles. The largest absolute Gasteiger partial charge is 0.481 e. The Kier molecular flexibility index (Phi) is 7.26. The van der Waals surface area contributed by atoms with Crippen molar-refractivity contribution in [1.82, 2.24) is 10.3 Å². The van der Waals surface area contributed by atoms with E-state index in [2.05, 4.69) is 10.3 Å². The van der Waals surface area contributed by atoms with Gasteiger partial charge in [-0.1, -0.05) is 0 Å². The summed E-state index contributed by atoms with van der Waals surface area (Å²) in [6.45, 7) is 3.29. The first kappa shape index (κ1) is 18.7. The smallest absolute Gasteiger partial charge is 0.304 e. The Bertz CT molecular complexity index is 595. The van der Waals surface area contributed by atoms with Gasteiger partial charge in [-0.05, 0) is 6.92 Å². The van der Waals surface area contributed by atoms with Crippen molar-refractivity contribution in [1.29, 1.82) is 0 Å². The predicted molar refractivity (Wildman–Crippen MR) is 82.6 cm³/mol. The number of ether oxygens (including phenoxy) is 1. The number of pyridine rings is 1. The normalized spacial score (nSPS) is 11.6. The minimum Gasteiger partial charge on any atom is -0.481 e. The maximum Gasteiger partial charge on any atom is 0.304 e. The van der Waals surface area contributed by atoms with Crippen LogP contribution in [0.4, 0.5) is 5.69 Å². The Morgan fingerprint density at radius 1 is 1.57 bits per heavy atom. The van der Waals surface area contributed by atoms with Crippen molar-refractivity contribution in [3.8, 4) is 5.88 Å². The molecule has 0 saturated heterocycles. The summed E-state index contributed by atoms with van der Waals surface area (Å²) in [7, 11) is 0. The van der Waals surface area contributed by atoms with E-state index in [4.69, 9.17) is 9.84 Å². The van der Waals surface area contributed by atoms with Crippen LogP contribution in [0, 0.1) is 10.1 Å². The number of carbonyl (C=O) groups is 2. The summed E-state index contributed by atoms with van der Waals surface area (Å²) in [6, 6.07) is 1.15. The maximum atomic E-state index is 11.0. The van der Waals surface area contributed by atoms with Gasteiger partial charge in [-0.3, -0.25) is 19.7 Å². The van der Waals surface area contributed by atoms with Crippen molar-refractivity contribution in [2.24, 2.45) is 0 Å². The lowest BCUT2D eigenvalue weighted by Crippen LogP contribution is -2.35. The molecule has 1 aromatic rings. The van der Waals surface area contributed by atoms with Crippen LogP contribution in [0.25, 0.3) is 0 Å². The SMILES string of the molecule is CC(=O)N[C@@H](C)COc1cc(SCCC(=O)O)c([N+](=O)[O-])cn1. The molecule has 1 atom stereocenters. The molecule has 9 nitrogen and oxygen atoms in total. The fourth-order valence-electron chi connectivity index (χ4n) is 1.59. The zero-order valence-corrected chi connectivity index (χ0v) is 13.5. The third kappa shape index (κ3) is 6.96. The van der Waals surface area contributed by atoms with E-state index in [1.54, 1.807) is 6.92 Å². The van der Waals surface area contributed by atoms with Gasteiger partial charge in [-0.25, -0.2) is 4.98 Å². The predicted octanol–water partition coefficient (Wildman–Crippen LogP) is 1.46. The van der Waals surface area contributed by atoms with Crippen LogP contribution >= 0.6 is 11.8 Å². The fourth-order valence-corrected chi connectivity index (χ4v) is 2.55. The molecule has 0 bridgehead atoms. The van der Waals surface area contributed by atoms with Crippen LogP contribution in [0.3, 0.4) is 0 Å². The summed E-state index contributed by atoms with van der Waals surface area (Å²) in [5.74, 6) is -0.801. The highest BCUT2D eigenvalue weighted by molar-refractivity contribution is 7.99. The Hall–Kier alpha value is -2.36. The van der Waals surface area contributed by atoms with Gasteiger partial charge in [0.25, 0.3) is 0 Å². The number of aromatic nitrogens is 1. The third-order valence-electron chi connectivity index (χ3n) is 2.52. The number of nitrogens with one attached hydrogen (secondary N) is 1. The van der Waals surface area contributed by atoms with Crippen LogP contribution in [0.5, 0.6) is 5.88 Å². The average Bonchev–Trinajstić information content (AvgIpc) is 2.44. The molecule has 23 heavy (non-hydrogen) atoms. The van der Waals surface area contributed by atoms with Gasteiger partial charge in [0.1, 0.15) is 12.8 Å². The first-order chi connectivity index (χ1) is 10.8. The second-order valence-electron chi connectivity index (χ2n) is 4.65. The number of carboxylic acid groups (broad SMARTS) is 1. The van der Waals surface area contributed by atoms with E-state index in [1.807, 2.05) is 0 Å². The number of nitro groups is 1. The number of carboxylic acids is 1. The number of carbonyl (C=O) groups excluding carboxylic acids is 1. The molecule has 0 radical (unpaired) electrons. The van der Waals surface area contributed by atoms with Gasteiger partial charge in [0.2, 0.25) is 11.8 Å². The lowest BCUT2D eigenvalue weighted by atomic mass is 10.3. The van der Waals surface area contributed by atoms with Gasteiger partial charge in [0, 0.05) is 18.7 Å². The summed E-state index contributed by atoms with van der Waals surface area (Å²) in [5.41, 5.74) is -0.206. The van der Waals surface area contributed by atoms with E-state index in [9.17, 15) is 19.7 Å². The van der Waals surface area contributed by atoms with E-state index in [-0.39, 0.29) is 47.2 Å². The first-order valence-corrected chi connectivity index (χ1v) is 7.67. The van der Waals surface area contributed by atoms with E-state index in [1.165, 1.54) is 13.0 Å². The Morgan fingerprint density at radius 3 is 2.83 bits per heavy atom. The van der Waals surface area contributed by atoms with Gasteiger partial charge >= 0.3 is 11.7 Å². The highest BCUT2D eigenvalue weighted by Gasteiger charge is 2.17. The molecule has 0 spiro atoms. The molecule has 0 saturated carbocycles. The van der Waals surface area contributed by atoms with Crippen LogP contribution in [0.1, 0.15) is 20.3 Å². The number of thioether (sulfide) groups is 1. The van der Waals surface area contributed by atoms with Gasteiger partial charge in [0.05, 0.1) is 22.3 Å². The van der Waals surface area contributed by atoms with Crippen LogP contribution in [0.15, 0.2) is 17.2 Å². The molecule has 1 rings (SSSR count). The van der Waals surface area contributed by atoms with Gasteiger partial charge in [0.15, 0.2) is 0 Å². The van der Waals surface area contributed by atoms with Crippen molar-refractivity contribution < 1.29 is 24.4 Å². The van der Waals surface area contributed by atoms with E-state index < -0.39 is 10.9 Å². The topological polar surface area (TPSA) is 132 Å². The second-order valence-corrected chi connectivity index (χ2v) is 5.79. The quantitative estimate of drug-likeness (QED) is 0.391. The Morgan fingerprint density at radius 2 is 2.26 bits per heavy atom. The summed E-state index contributed by atoms with van der Waals surface area (Å²) in [6.07, 6.45) is 0.960. The van der Waals surface area contributed by atoms with Crippen LogP contribution in [0.2, 0.25) is 0 Å². The number of hydrogen-bond acceptors (Lipinski definition) is 7. The van der Waals surface area contributed by atoms with Gasteiger partial charge in [-0.15, -0.1) is 11.8 Å². The van der Waals surface area contributed by atoms with Gasteiger partial charge in [-0.2, -0.15) is 0 Å². The van der Waals surface area contributed by atoms with Crippen molar-refractivity contribution in [2.75, 3.05) is 12.4 Å². The molecular weight excluding hydrogens is 326 g/mol. The van der Waals surface area contributed by atoms with E-state index in [0.29, 0.717) is 0 Å². The molecule has 1 amide bonds. The summed E-state index contributed by atoms with van der Waals surface area (Å²) in [5, 5.41) is 22.2. The fraction of sp³-hybridized carbons (Fsp3) is 0.462. The van der Waals surface area contributed by atoms with Crippen molar-refractivity contribution in [3.05, 3.63) is 22.4 Å². The molecule has 1 heterocycles. The molecule has 0 fully saturated rings. The highest BCUT2D eigenvalue weighted by Crippen LogP contribution is 2.31. The van der Waals surface area contributed by atoms with Crippen molar-refractivity contribution >= 4 is 29.3 Å². The number of hydrogen-bond donors (Lipinski definition) is 2. The van der Waals surface area contributed by atoms with Crippen LogP contribution in [-0.2, 0) is 9.59 Å². The molecule has 2 N–H and O–H groups in total. The Balaban J connectivity index is 2.75. The standard InChI is InChI=1S/C13H17N3O6S/c1-8(15-9(2)17)7-22-12-5-11(23-4-3-13(18)19)10(6-14-12)16(20)21/h5-6,8H,3-4,7H2,1-2H3,(H,15,17)(H,18,19)/t8-/m0/s1. The van der Waals surface area contributed by atoms with Crippen LogP contribution < -0.4 is 10.1 Å². The molecule has 126 valence electrons. The number of rotatable bonds is 9. The van der Waals surface area contributed by atoms with Crippen molar-refractivity contribution in [3.63, 3.8) is 0 Å². The molecule has 0 aliphatic rings. The minimum absolute atomic E-state index is 0.111. The Labute approximate surface area is 136 Å². The highest BCUT2D eigenvalue weighted by atomic mass is 32.2. The zero-order valence-electron chi connectivity index (χ0n) is 12.6. The molecule has 0 aromatic carbocycles. The molecule has 0 aliphatic carbocycles. The van der Waals surface area contributed by atoms with Crippen molar-refractivity contribution in [2.45, 2.75) is 31.2 Å². The van der Waals surface area contributed by atoms with E-state index >= 15 is 0 Å². The van der Waals surface area contributed by atoms with Gasteiger partial charge < -0.3 is 15.2 Å². The minimum atomic E-state index is -0.977. The number of amides is 1. The van der Waals surface area contributed by atoms with E-state index in [0.717, 1.165) is 18.0 Å². The molecule has 10 heteroatoms. The lowest BCUT2D eigenvalue weighted by Gasteiger charge is -2.13. The third-order valence-corrected chi connectivity index (χ3v) is 3.57. The van der Waals surface area contributed by atoms with Crippen LogP contribution in [-0.4, -0.2) is 45.3 Å². The molecule has 0 aliphatic heterocycles. The summed E-state index contributed by atoms with van der Waals surface area (Å²) in [4.78, 5) is 35.9. The number of nitrogens with zero attached hydrogens (tertiary/aromatic N) is 2. The zero-order chi connectivity index (χ0) is 17.4. The maximum absolute atomic E-state index is 11.0. The first-order valence-electron chi connectivity index (χ1n) is 6.68. The summed E-state index contributed by atoms with van der Waals surface area (Å²) >= 11 is 1.05. The monoisotopic (exact) mass is 343 g/mol. The molecule has 0 unspecified atom stereocenters. The summed E-state index contributed by atoms with van der Waals surface area (Å²) < 4.78 is 5.39.